The van der Waals surface area contributed by atoms with Crippen LogP contribution in [-0.2, 0) is 5.41 Å². The van der Waals surface area contributed by atoms with E-state index in [1.54, 1.807) is 12.1 Å². The Labute approximate surface area is 160 Å². The first-order valence-electron chi connectivity index (χ1n) is 8.26. The number of nitrogens with one attached hydrogen (secondary N) is 1. The number of benzene rings is 2. The van der Waals surface area contributed by atoms with E-state index in [1.165, 1.54) is 7.11 Å². The van der Waals surface area contributed by atoms with Crippen molar-refractivity contribution in [2.75, 3.05) is 12.4 Å². The Morgan fingerprint density at radius 3 is 2.21 bits per heavy atom. The SMILES string of the molecule is COc1cc(C(=O)Nc2ccc(C(C)(C)C)cc2)c([N+](=O)[O-])cc1OC(F)F. The maximum atomic E-state index is 12.6. The molecule has 0 aliphatic rings. The summed E-state index contributed by atoms with van der Waals surface area (Å²) in [6, 6.07) is 8.76. The molecule has 2 rings (SSSR count). The van der Waals surface area contributed by atoms with Crippen molar-refractivity contribution in [3.05, 3.63) is 57.6 Å². The van der Waals surface area contributed by atoms with Gasteiger partial charge in [-0.15, -0.1) is 0 Å². The first-order valence-corrected chi connectivity index (χ1v) is 8.26. The fourth-order valence-electron chi connectivity index (χ4n) is 2.48. The number of carbonyl (C=O) groups is 1. The molecule has 1 amide bonds. The monoisotopic (exact) mass is 394 g/mol. The molecule has 2 aromatic rings. The van der Waals surface area contributed by atoms with Gasteiger partial charge in [0.05, 0.1) is 18.1 Å². The number of carbonyl (C=O) groups excluding carboxylic acids is 1. The number of halogens is 2. The highest BCUT2D eigenvalue weighted by Crippen LogP contribution is 2.36. The second kappa shape index (κ2) is 8.20. The molecule has 0 atom stereocenters. The van der Waals surface area contributed by atoms with Gasteiger partial charge in [-0.3, -0.25) is 14.9 Å². The molecule has 150 valence electrons. The molecule has 28 heavy (non-hydrogen) atoms. The Morgan fingerprint density at radius 1 is 1.14 bits per heavy atom. The molecule has 0 bridgehead atoms. The van der Waals surface area contributed by atoms with Crippen LogP contribution in [0.15, 0.2) is 36.4 Å². The molecular weight excluding hydrogens is 374 g/mol. The van der Waals surface area contributed by atoms with Crippen molar-refractivity contribution in [2.24, 2.45) is 0 Å². The van der Waals surface area contributed by atoms with Crippen LogP contribution in [0.2, 0.25) is 0 Å². The van der Waals surface area contributed by atoms with Crippen LogP contribution >= 0.6 is 0 Å². The fraction of sp³-hybridized carbons (Fsp3) is 0.316. The quantitative estimate of drug-likeness (QED) is 0.564. The van der Waals surface area contributed by atoms with Crippen molar-refractivity contribution in [1.82, 2.24) is 0 Å². The predicted molar refractivity (Wildman–Crippen MR) is 99.4 cm³/mol. The van der Waals surface area contributed by atoms with Crippen molar-refractivity contribution in [3.8, 4) is 11.5 Å². The van der Waals surface area contributed by atoms with Gasteiger partial charge in [-0.2, -0.15) is 8.78 Å². The van der Waals surface area contributed by atoms with E-state index in [0.29, 0.717) is 5.69 Å². The Balaban J connectivity index is 2.37. The Kier molecular flexibility index (Phi) is 6.17. The van der Waals surface area contributed by atoms with Crippen LogP contribution in [0, 0.1) is 10.1 Å². The predicted octanol–water partition coefficient (Wildman–Crippen LogP) is 4.75. The maximum Gasteiger partial charge on any atom is 0.387 e. The maximum absolute atomic E-state index is 12.6. The normalized spacial score (nSPS) is 11.2. The first-order chi connectivity index (χ1) is 13.0. The summed E-state index contributed by atoms with van der Waals surface area (Å²) in [6.07, 6.45) is 0. The molecule has 2 aromatic carbocycles. The van der Waals surface area contributed by atoms with Gasteiger partial charge in [0.25, 0.3) is 11.6 Å². The molecule has 0 saturated heterocycles. The molecule has 9 heteroatoms. The van der Waals surface area contributed by atoms with Gasteiger partial charge in [0.15, 0.2) is 11.5 Å². The number of nitro benzene ring substituents is 1. The smallest absolute Gasteiger partial charge is 0.387 e. The number of nitrogens with zero attached hydrogens (tertiary/aromatic N) is 1. The highest BCUT2D eigenvalue weighted by atomic mass is 19.3. The minimum Gasteiger partial charge on any atom is -0.493 e. The van der Waals surface area contributed by atoms with Gasteiger partial charge < -0.3 is 14.8 Å². The summed E-state index contributed by atoms with van der Waals surface area (Å²) in [5.74, 6) is -1.54. The van der Waals surface area contributed by atoms with Crippen molar-refractivity contribution in [3.63, 3.8) is 0 Å². The zero-order valence-electron chi connectivity index (χ0n) is 15.8. The Morgan fingerprint density at radius 2 is 1.75 bits per heavy atom. The molecule has 0 unspecified atom stereocenters. The lowest BCUT2D eigenvalue weighted by molar-refractivity contribution is -0.385. The van der Waals surface area contributed by atoms with Crippen molar-refractivity contribution >= 4 is 17.3 Å². The number of rotatable bonds is 6. The van der Waals surface area contributed by atoms with Gasteiger partial charge in [-0.1, -0.05) is 32.9 Å². The number of ether oxygens (including phenoxy) is 2. The average Bonchev–Trinajstić information content (AvgIpc) is 2.60. The summed E-state index contributed by atoms with van der Waals surface area (Å²) < 4.78 is 34.2. The van der Waals surface area contributed by atoms with Gasteiger partial charge in [-0.05, 0) is 23.1 Å². The summed E-state index contributed by atoms with van der Waals surface area (Å²) in [5, 5.41) is 13.9. The van der Waals surface area contributed by atoms with Crippen LogP contribution in [-0.4, -0.2) is 24.6 Å². The van der Waals surface area contributed by atoms with Gasteiger partial charge in [-0.25, -0.2) is 0 Å². The third-order valence-electron chi connectivity index (χ3n) is 3.95. The van der Waals surface area contributed by atoms with E-state index in [2.05, 4.69) is 10.1 Å². The molecule has 0 radical (unpaired) electrons. The standard InChI is InChI=1S/C19H20F2N2O5/c1-19(2,3)11-5-7-12(8-6-11)22-17(24)13-9-15(27-4)16(28-18(20)21)10-14(13)23(25)26/h5-10,18H,1-4H3,(H,22,24). The molecule has 0 aliphatic heterocycles. The molecule has 7 nitrogen and oxygen atoms in total. The molecule has 0 aromatic heterocycles. The zero-order valence-corrected chi connectivity index (χ0v) is 15.8. The highest BCUT2D eigenvalue weighted by molar-refractivity contribution is 6.07. The summed E-state index contributed by atoms with van der Waals surface area (Å²) in [4.78, 5) is 23.0. The van der Waals surface area contributed by atoms with Crippen LogP contribution in [0.5, 0.6) is 11.5 Å². The summed E-state index contributed by atoms with van der Waals surface area (Å²) >= 11 is 0. The van der Waals surface area contributed by atoms with E-state index in [4.69, 9.17) is 4.74 Å². The highest BCUT2D eigenvalue weighted by Gasteiger charge is 2.26. The number of hydrogen-bond acceptors (Lipinski definition) is 5. The lowest BCUT2D eigenvalue weighted by atomic mass is 9.87. The minimum atomic E-state index is -3.20. The fourth-order valence-corrected chi connectivity index (χ4v) is 2.48. The van der Waals surface area contributed by atoms with Crippen LogP contribution in [0.4, 0.5) is 20.2 Å². The lowest BCUT2D eigenvalue weighted by Crippen LogP contribution is -2.15. The molecular formula is C19H20F2N2O5. The van der Waals surface area contributed by atoms with Gasteiger partial charge in [0.2, 0.25) is 0 Å². The van der Waals surface area contributed by atoms with Crippen LogP contribution in [0.3, 0.4) is 0 Å². The third-order valence-corrected chi connectivity index (χ3v) is 3.95. The van der Waals surface area contributed by atoms with E-state index >= 15 is 0 Å². The molecule has 0 heterocycles. The van der Waals surface area contributed by atoms with Crippen LogP contribution in [0.1, 0.15) is 36.7 Å². The third kappa shape index (κ3) is 4.93. The second-order valence-electron chi connectivity index (χ2n) is 6.94. The van der Waals surface area contributed by atoms with Crippen LogP contribution < -0.4 is 14.8 Å². The number of hydrogen-bond donors (Lipinski definition) is 1. The van der Waals surface area contributed by atoms with E-state index in [1.807, 2.05) is 32.9 Å². The average molecular weight is 394 g/mol. The molecule has 0 aliphatic carbocycles. The summed E-state index contributed by atoms with van der Waals surface area (Å²) in [6.45, 7) is 2.92. The summed E-state index contributed by atoms with van der Waals surface area (Å²) in [7, 11) is 1.17. The number of amides is 1. The topological polar surface area (TPSA) is 90.7 Å². The molecule has 0 spiro atoms. The van der Waals surface area contributed by atoms with Crippen LogP contribution in [0.25, 0.3) is 0 Å². The largest absolute Gasteiger partial charge is 0.493 e. The molecule has 0 saturated carbocycles. The number of alkyl halides is 2. The number of methoxy groups -OCH3 is 1. The number of anilines is 1. The van der Waals surface area contributed by atoms with Gasteiger partial charge in [0.1, 0.15) is 5.56 Å². The Hall–Kier alpha value is -3.23. The van der Waals surface area contributed by atoms with E-state index in [0.717, 1.165) is 17.7 Å². The van der Waals surface area contributed by atoms with Crippen molar-refractivity contribution in [1.29, 1.82) is 0 Å². The first kappa shape index (κ1) is 21.1. The molecule has 0 fully saturated rings. The molecule has 1 N–H and O–H groups in total. The zero-order chi connectivity index (χ0) is 21.1. The minimum absolute atomic E-state index is 0.0742. The second-order valence-corrected chi connectivity index (χ2v) is 6.94. The van der Waals surface area contributed by atoms with E-state index in [9.17, 15) is 23.7 Å². The van der Waals surface area contributed by atoms with Gasteiger partial charge in [0, 0.05) is 11.8 Å². The van der Waals surface area contributed by atoms with Gasteiger partial charge >= 0.3 is 6.61 Å². The van der Waals surface area contributed by atoms with Crippen molar-refractivity contribution in [2.45, 2.75) is 32.8 Å². The summed E-state index contributed by atoms with van der Waals surface area (Å²) in [5.41, 5.74) is 0.379. The lowest BCUT2D eigenvalue weighted by Gasteiger charge is -2.19. The van der Waals surface area contributed by atoms with E-state index < -0.39 is 28.9 Å². The number of nitro groups is 1. The van der Waals surface area contributed by atoms with Crippen molar-refractivity contribution < 1.29 is 28.0 Å². The van der Waals surface area contributed by atoms with E-state index in [-0.39, 0.29) is 16.7 Å². The Bertz CT molecular complexity index is 877.